The number of fused-ring (bicyclic) bond motifs is 4. The second-order valence-corrected chi connectivity index (χ2v) is 8.48. The van der Waals surface area contributed by atoms with E-state index in [0.717, 1.165) is 6.42 Å². The molecule has 9 heteroatoms. The van der Waals surface area contributed by atoms with Crippen LogP contribution in [0.5, 0.6) is 0 Å². The fourth-order valence-corrected chi connectivity index (χ4v) is 5.06. The van der Waals surface area contributed by atoms with Crippen LogP contribution in [0.4, 0.5) is 0 Å². The van der Waals surface area contributed by atoms with E-state index in [1.165, 1.54) is 49.5 Å². The van der Waals surface area contributed by atoms with Crippen molar-refractivity contribution in [1.82, 2.24) is 34.4 Å². The summed E-state index contributed by atoms with van der Waals surface area (Å²) in [6.07, 6.45) is 9.31. The Morgan fingerprint density at radius 2 is 2.10 bits per heavy atom. The van der Waals surface area contributed by atoms with Crippen molar-refractivity contribution in [3.05, 3.63) is 34.6 Å². The molecule has 9 nitrogen and oxygen atoms in total. The number of rotatable bonds is 4. The van der Waals surface area contributed by atoms with Gasteiger partial charge in [0.1, 0.15) is 12.4 Å². The third kappa shape index (κ3) is 3.47. The number of aryl methyl sites for hydroxylation is 1. The number of piperidine rings is 2. The molecule has 0 saturated carbocycles. The Labute approximate surface area is 174 Å². The van der Waals surface area contributed by atoms with Gasteiger partial charge in [0.15, 0.2) is 0 Å². The van der Waals surface area contributed by atoms with Gasteiger partial charge in [0.25, 0.3) is 11.3 Å². The van der Waals surface area contributed by atoms with Crippen LogP contribution in [0.2, 0.25) is 0 Å². The molecule has 0 unspecified atom stereocenters. The van der Waals surface area contributed by atoms with Crippen LogP contribution in [0.25, 0.3) is 16.7 Å². The first kappa shape index (κ1) is 19.2. The van der Waals surface area contributed by atoms with Gasteiger partial charge in [-0.05, 0) is 57.7 Å². The van der Waals surface area contributed by atoms with Crippen molar-refractivity contribution in [1.29, 1.82) is 0 Å². The minimum Gasteiger partial charge on any atom is -0.354 e. The first-order valence-corrected chi connectivity index (χ1v) is 10.8. The summed E-state index contributed by atoms with van der Waals surface area (Å²) in [5, 5.41) is 7.80. The van der Waals surface area contributed by atoms with Gasteiger partial charge in [-0.15, -0.1) is 5.10 Å². The molecule has 0 bridgehead atoms. The number of nitrogens with zero attached hydrogens (tertiary/aromatic N) is 6. The van der Waals surface area contributed by atoms with Crippen molar-refractivity contribution < 1.29 is 4.79 Å². The predicted octanol–water partition coefficient (Wildman–Crippen LogP) is 1.13. The molecule has 1 amide bonds. The molecule has 3 aromatic heterocycles. The number of nitrogens with one attached hydrogen (secondary N) is 1. The standard InChI is InChI=1S/C21H27N7O2/c1-14-24-21-23-12-16-18(28(21)25-14)7-10-27(20(16)30)13-19(29)22-11-15-5-4-9-26-8-3-2-6-17(15)26/h7,10,12,15,17H,2-6,8-9,11,13H2,1H3,(H,22,29)/t15-,17-/m1/s1. The first-order valence-electron chi connectivity index (χ1n) is 10.8. The zero-order chi connectivity index (χ0) is 20.7. The lowest BCUT2D eigenvalue weighted by atomic mass is 9.83. The third-order valence-electron chi connectivity index (χ3n) is 6.52. The van der Waals surface area contributed by atoms with Crippen molar-refractivity contribution in [2.24, 2.45) is 5.92 Å². The lowest BCUT2D eigenvalue weighted by molar-refractivity contribution is -0.122. The van der Waals surface area contributed by atoms with Crippen molar-refractivity contribution in [2.45, 2.75) is 51.6 Å². The van der Waals surface area contributed by atoms with E-state index in [0.29, 0.717) is 41.0 Å². The highest BCUT2D eigenvalue weighted by Gasteiger charge is 2.32. The molecule has 3 aromatic rings. The molecule has 0 radical (unpaired) electrons. The molecule has 1 N–H and O–H groups in total. The molecule has 158 valence electrons. The lowest BCUT2D eigenvalue weighted by Gasteiger charge is -2.44. The van der Waals surface area contributed by atoms with Crippen LogP contribution in [-0.2, 0) is 11.3 Å². The maximum absolute atomic E-state index is 12.9. The van der Waals surface area contributed by atoms with E-state index >= 15 is 0 Å². The summed E-state index contributed by atoms with van der Waals surface area (Å²) in [6.45, 7) is 4.85. The summed E-state index contributed by atoms with van der Waals surface area (Å²) in [6, 6.07) is 2.38. The van der Waals surface area contributed by atoms with Gasteiger partial charge in [-0.3, -0.25) is 9.59 Å². The van der Waals surface area contributed by atoms with Crippen molar-refractivity contribution in [3.8, 4) is 0 Å². The van der Waals surface area contributed by atoms with Gasteiger partial charge in [-0.1, -0.05) is 6.42 Å². The van der Waals surface area contributed by atoms with E-state index in [2.05, 4.69) is 25.3 Å². The molecule has 2 fully saturated rings. The lowest BCUT2D eigenvalue weighted by Crippen LogP contribution is -2.51. The van der Waals surface area contributed by atoms with Gasteiger partial charge < -0.3 is 14.8 Å². The maximum Gasteiger partial charge on any atom is 0.262 e. The molecule has 0 aromatic carbocycles. The van der Waals surface area contributed by atoms with Gasteiger partial charge in [0.05, 0.1) is 10.9 Å². The largest absolute Gasteiger partial charge is 0.354 e. The van der Waals surface area contributed by atoms with E-state index in [9.17, 15) is 9.59 Å². The zero-order valence-electron chi connectivity index (χ0n) is 17.3. The average Bonchev–Trinajstić information content (AvgIpc) is 3.14. The molecule has 0 aliphatic carbocycles. The molecule has 30 heavy (non-hydrogen) atoms. The molecule has 2 aliphatic rings. The number of pyridine rings is 1. The molecular weight excluding hydrogens is 382 g/mol. The van der Waals surface area contributed by atoms with E-state index in [-0.39, 0.29) is 18.0 Å². The zero-order valence-corrected chi connectivity index (χ0v) is 17.3. The van der Waals surface area contributed by atoms with Crippen molar-refractivity contribution in [2.75, 3.05) is 19.6 Å². The predicted molar refractivity (Wildman–Crippen MR) is 112 cm³/mol. The Balaban J connectivity index is 1.29. The minimum atomic E-state index is -0.249. The Hall–Kier alpha value is -2.81. The number of hydrogen-bond acceptors (Lipinski definition) is 6. The Morgan fingerprint density at radius 1 is 1.23 bits per heavy atom. The van der Waals surface area contributed by atoms with Gasteiger partial charge in [-0.25, -0.2) is 4.98 Å². The number of carbonyl (C=O) groups excluding carboxylic acids is 1. The Morgan fingerprint density at radius 3 is 3.00 bits per heavy atom. The van der Waals surface area contributed by atoms with Crippen LogP contribution in [0.15, 0.2) is 23.3 Å². The fraction of sp³-hybridized carbons (Fsp3) is 0.571. The summed E-state index contributed by atoms with van der Waals surface area (Å²) in [5.74, 6) is 1.43. The monoisotopic (exact) mass is 409 g/mol. The van der Waals surface area contributed by atoms with Gasteiger partial charge in [-0.2, -0.15) is 9.50 Å². The van der Waals surface area contributed by atoms with Crippen LogP contribution in [-0.4, -0.2) is 60.6 Å². The molecule has 0 spiro atoms. The molecule has 2 aliphatic heterocycles. The smallest absolute Gasteiger partial charge is 0.262 e. The van der Waals surface area contributed by atoms with Crippen molar-refractivity contribution >= 4 is 22.6 Å². The second-order valence-electron chi connectivity index (χ2n) is 8.48. The second kappa shape index (κ2) is 7.79. The van der Waals surface area contributed by atoms with Gasteiger partial charge >= 0.3 is 0 Å². The number of amides is 1. The molecule has 2 atom stereocenters. The van der Waals surface area contributed by atoms with Crippen LogP contribution >= 0.6 is 0 Å². The normalized spacial score (nSPS) is 22.3. The topological polar surface area (TPSA) is 97.4 Å². The molecular formula is C21H27N7O2. The highest BCUT2D eigenvalue weighted by Crippen LogP contribution is 2.30. The summed E-state index contributed by atoms with van der Waals surface area (Å²) >= 11 is 0. The minimum absolute atomic E-state index is 0.00426. The fourth-order valence-electron chi connectivity index (χ4n) is 5.06. The summed E-state index contributed by atoms with van der Waals surface area (Å²) in [7, 11) is 0. The SMILES string of the molecule is Cc1nc2ncc3c(=O)n(CC(=O)NC[C@H]4CCCN5CCCC[C@H]45)ccc3n2n1. The number of aromatic nitrogens is 5. The van der Waals surface area contributed by atoms with E-state index in [1.54, 1.807) is 23.7 Å². The summed E-state index contributed by atoms with van der Waals surface area (Å²) in [4.78, 5) is 36.5. The third-order valence-corrected chi connectivity index (χ3v) is 6.52. The Bertz CT molecular complexity index is 1150. The van der Waals surface area contributed by atoms with Crippen LogP contribution in [0.3, 0.4) is 0 Å². The summed E-state index contributed by atoms with van der Waals surface area (Å²) < 4.78 is 3.00. The van der Waals surface area contributed by atoms with Crippen LogP contribution in [0, 0.1) is 12.8 Å². The first-order chi connectivity index (χ1) is 14.6. The molecule has 2 saturated heterocycles. The highest BCUT2D eigenvalue weighted by molar-refractivity contribution is 5.80. The molecule has 5 heterocycles. The van der Waals surface area contributed by atoms with E-state index in [4.69, 9.17) is 0 Å². The summed E-state index contributed by atoms with van der Waals surface area (Å²) in [5.41, 5.74) is 0.392. The number of carbonyl (C=O) groups is 1. The maximum atomic E-state index is 12.9. The number of hydrogen-bond donors (Lipinski definition) is 1. The Kier molecular flexibility index (Phi) is 4.98. The quantitative estimate of drug-likeness (QED) is 0.694. The van der Waals surface area contributed by atoms with Gasteiger partial charge in [0.2, 0.25) is 5.91 Å². The van der Waals surface area contributed by atoms with Gasteiger partial charge in [0, 0.05) is 25.0 Å². The average molecular weight is 409 g/mol. The van der Waals surface area contributed by atoms with E-state index in [1.807, 2.05) is 0 Å². The highest BCUT2D eigenvalue weighted by atomic mass is 16.2. The van der Waals surface area contributed by atoms with Crippen molar-refractivity contribution in [3.63, 3.8) is 0 Å². The molecule has 5 rings (SSSR count). The van der Waals surface area contributed by atoms with Crippen LogP contribution in [0.1, 0.15) is 37.9 Å². The van der Waals surface area contributed by atoms with Crippen LogP contribution < -0.4 is 10.9 Å². The van der Waals surface area contributed by atoms with E-state index < -0.39 is 0 Å².